The minimum atomic E-state index is -0.367. The second-order valence-electron chi connectivity index (χ2n) is 4.41. The van der Waals surface area contributed by atoms with Gasteiger partial charge in [0.1, 0.15) is 0 Å². The van der Waals surface area contributed by atoms with Gasteiger partial charge < -0.3 is 14.8 Å². The predicted octanol–water partition coefficient (Wildman–Crippen LogP) is 2.54. The van der Waals surface area contributed by atoms with Gasteiger partial charge in [0.2, 0.25) is 0 Å². The summed E-state index contributed by atoms with van der Waals surface area (Å²) in [5.41, 5.74) is 0.785. The maximum Gasteiger partial charge on any atom is 0.276 e. The van der Waals surface area contributed by atoms with Gasteiger partial charge in [0.15, 0.2) is 22.3 Å². The van der Waals surface area contributed by atoms with Gasteiger partial charge in [-0.25, -0.2) is 0 Å². The molecule has 1 amide bonds. The first kappa shape index (κ1) is 13.6. The van der Waals surface area contributed by atoms with Gasteiger partial charge in [-0.2, -0.15) is 0 Å². The van der Waals surface area contributed by atoms with Gasteiger partial charge in [-0.05, 0) is 24.3 Å². The Kier molecular flexibility index (Phi) is 3.87. The van der Waals surface area contributed by atoms with Crippen molar-refractivity contribution >= 4 is 23.2 Å². The summed E-state index contributed by atoms with van der Waals surface area (Å²) in [6.45, 7) is 1.21. The van der Waals surface area contributed by atoms with E-state index in [2.05, 4.69) is 15.5 Å². The van der Waals surface area contributed by atoms with E-state index < -0.39 is 0 Å². The quantitative estimate of drug-likeness (QED) is 0.923. The standard InChI is InChI=1S/C14H12ClN3O3/c15-13-5-3-10(17-18-13)14(19)16-9-2-4-11-12(8-9)21-7-1-6-20-11/h2-5,8H,1,6-7H2,(H,16,19). The summed E-state index contributed by atoms with van der Waals surface area (Å²) in [5.74, 6) is 0.929. The largest absolute Gasteiger partial charge is 0.490 e. The Bertz CT molecular complexity index is 661. The molecule has 0 radical (unpaired) electrons. The molecule has 1 aromatic heterocycles. The van der Waals surface area contributed by atoms with Crippen molar-refractivity contribution in [2.24, 2.45) is 0 Å². The number of aromatic nitrogens is 2. The van der Waals surface area contributed by atoms with E-state index in [1.54, 1.807) is 18.2 Å². The van der Waals surface area contributed by atoms with Gasteiger partial charge in [-0.1, -0.05) is 11.6 Å². The Morgan fingerprint density at radius 2 is 1.90 bits per heavy atom. The normalized spacial score (nSPS) is 13.4. The summed E-state index contributed by atoms with van der Waals surface area (Å²) in [4.78, 5) is 12.0. The summed E-state index contributed by atoms with van der Waals surface area (Å²) in [6.07, 6.45) is 0.830. The fourth-order valence-electron chi connectivity index (χ4n) is 1.87. The number of benzene rings is 1. The van der Waals surface area contributed by atoms with Gasteiger partial charge >= 0.3 is 0 Å². The number of nitrogens with one attached hydrogen (secondary N) is 1. The number of rotatable bonds is 2. The Hall–Kier alpha value is -2.34. The first-order chi connectivity index (χ1) is 10.2. The van der Waals surface area contributed by atoms with Crippen LogP contribution in [0, 0.1) is 0 Å². The van der Waals surface area contributed by atoms with Crippen LogP contribution >= 0.6 is 11.6 Å². The molecule has 0 saturated heterocycles. The van der Waals surface area contributed by atoms with Gasteiger partial charge in [-0.3, -0.25) is 4.79 Å². The third-order valence-corrected chi connectivity index (χ3v) is 3.07. The van der Waals surface area contributed by atoms with Crippen LogP contribution in [0.15, 0.2) is 30.3 Å². The van der Waals surface area contributed by atoms with Crippen molar-refractivity contribution in [2.75, 3.05) is 18.5 Å². The van der Waals surface area contributed by atoms with Gasteiger partial charge in [-0.15, -0.1) is 10.2 Å². The monoisotopic (exact) mass is 305 g/mol. The zero-order valence-electron chi connectivity index (χ0n) is 11.0. The van der Waals surface area contributed by atoms with E-state index in [-0.39, 0.29) is 16.8 Å². The van der Waals surface area contributed by atoms with Crippen LogP contribution in [0.2, 0.25) is 5.15 Å². The smallest absolute Gasteiger partial charge is 0.276 e. The second-order valence-corrected chi connectivity index (χ2v) is 4.79. The number of ether oxygens (including phenoxy) is 2. The molecule has 7 heteroatoms. The Morgan fingerprint density at radius 3 is 2.67 bits per heavy atom. The van der Waals surface area contributed by atoms with E-state index in [4.69, 9.17) is 21.1 Å². The molecule has 2 aromatic rings. The lowest BCUT2D eigenvalue weighted by Crippen LogP contribution is -2.14. The van der Waals surface area contributed by atoms with E-state index >= 15 is 0 Å². The van der Waals surface area contributed by atoms with Crippen LogP contribution in [0.5, 0.6) is 11.5 Å². The lowest BCUT2D eigenvalue weighted by atomic mass is 10.2. The number of nitrogens with zero attached hydrogens (tertiary/aromatic N) is 2. The molecular formula is C14H12ClN3O3. The van der Waals surface area contributed by atoms with Crippen molar-refractivity contribution in [3.8, 4) is 11.5 Å². The lowest BCUT2D eigenvalue weighted by molar-refractivity contribution is 0.102. The van der Waals surface area contributed by atoms with E-state index in [1.807, 2.05) is 0 Å². The van der Waals surface area contributed by atoms with Crippen molar-refractivity contribution < 1.29 is 14.3 Å². The molecule has 3 rings (SSSR count). The molecule has 2 heterocycles. The van der Waals surface area contributed by atoms with E-state index in [0.717, 1.165) is 6.42 Å². The first-order valence-corrected chi connectivity index (χ1v) is 6.80. The summed E-state index contributed by atoms with van der Waals surface area (Å²) < 4.78 is 11.1. The van der Waals surface area contributed by atoms with Crippen LogP contribution in [0.4, 0.5) is 5.69 Å². The van der Waals surface area contributed by atoms with E-state index in [0.29, 0.717) is 30.4 Å². The highest BCUT2D eigenvalue weighted by Gasteiger charge is 2.13. The third-order valence-electron chi connectivity index (χ3n) is 2.87. The number of fused-ring (bicyclic) bond motifs is 1. The van der Waals surface area contributed by atoms with Crippen LogP contribution < -0.4 is 14.8 Å². The fourth-order valence-corrected chi connectivity index (χ4v) is 1.97. The maximum atomic E-state index is 12.0. The molecule has 6 nitrogen and oxygen atoms in total. The number of halogens is 1. The highest BCUT2D eigenvalue weighted by atomic mass is 35.5. The highest BCUT2D eigenvalue weighted by Crippen LogP contribution is 2.32. The molecule has 21 heavy (non-hydrogen) atoms. The predicted molar refractivity (Wildman–Crippen MR) is 77.0 cm³/mol. The highest BCUT2D eigenvalue weighted by molar-refractivity contribution is 6.29. The van der Waals surface area contributed by atoms with Crippen molar-refractivity contribution in [2.45, 2.75) is 6.42 Å². The van der Waals surface area contributed by atoms with Crippen LogP contribution in [0.3, 0.4) is 0 Å². The number of carbonyl (C=O) groups excluding carboxylic acids is 1. The molecular weight excluding hydrogens is 294 g/mol. The SMILES string of the molecule is O=C(Nc1ccc2c(c1)OCCCO2)c1ccc(Cl)nn1. The Morgan fingerprint density at radius 1 is 1.10 bits per heavy atom. The Labute approximate surface area is 126 Å². The van der Waals surface area contributed by atoms with E-state index in [9.17, 15) is 4.79 Å². The molecule has 1 aromatic carbocycles. The summed E-state index contributed by atoms with van der Waals surface area (Å²) >= 11 is 5.64. The molecule has 0 atom stereocenters. The summed E-state index contributed by atoms with van der Waals surface area (Å²) in [7, 11) is 0. The van der Waals surface area contributed by atoms with Crippen LogP contribution in [-0.4, -0.2) is 29.3 Å². The lowest BCUT2D eigenvalue weighted by Gasteiger charge is -2.10. The fraction of sp³-hybridized carbons (Fsp3) is 0.214. The topological polar surface area (TPSA) is 73.3 Å². The molecule has 1 N–H and O–H groups in total. The van der Waals surface area contributed by atoms with Crippen LogP contribution in [0.1, 0.15) is 16.9 Å². The number of carbonyl (C=O) groups is 1. The van der Waals surface area contributed by atoms with Crippen molar-refractivity contribution in [1.82, 2.24) is 10.2 Å². The van der Waals surface area contributed by atoms with E-state index in [1.165, 1.54) is 12.1 Å². The van der Waals surface area contributed by atoms with Gasteiger partial charge in [0, 0.05) is 18.2 Å². The van der Waals surface area contributed by atoms with Crippen LogP contribution in [0.25, 0.3) is 0 Å². The van der Waals surface area contributed by atoms with Gasteiger partial charge in [0.25, 0.3) is 5.91 Å². The number of anilines is 1. The van der Waals surface area contributed by atoms with Crippen LogP contribution in [-0.2, 0) is 0 Å². The molecule has 0 fully saturated rings. The summed E-state index contributed by atoms with van der Waals surface area (Å²) in [5, 5.41) is 10.3. The average Bonchev–Trinajstić information content (AvgIpc) is 2.72. The molecule has 0 spiro atoms. The minimum Gasteiger partial charge on any atom is -0.490 e. The number of hydrogen-bond donors (Lipinski definition) is 1. The molecule has 0 aliphatic carbocycles. The zero-order chi connectivity index (χ0) is 14.7. The molecule has 108 valence electrons. The Balaban J connectivity index is 1.77. The molecule has 0 bridgehead atoms. The zero-order valence-corrected chi connectivity index (χ0v) is 11.8. The van der Waals surface area contributed by atoms with Gasteiger partial charge in [0.05, 0.1) is 13.2 Å². The molecule has 0 saturated carbocycles. The number of amides is 1. The third kappa shape index (κ3) is 3.22. The minimum absolute atomic E-state index is 0.187. The van der Waals surface area contributed by atoms with Crippen molar-refractivity contribution in [3.05, 3.63) is 41.2 Å². The molecule has 1 aliphatic heterocycles. The first-order valence-electron chi connectivity index (χ1n) is 6.42. The van der Waals surface area contributed by atoms with Crippen molar-refractivity contribution in [3.63, 3.8) is 0 Å². The number of hydrogen-bond acceptors (Lipinski definition) is 5. The average molecular weight is 306 g/mol. The van der Waals surface area contributed by atoms with Crippen molar-refractivity contribution in [1.29, 1.82) is 0 Å². The second kappa shape index (κ2) is 5.97. The maximum absolute atomic E-state index is 12.0. The summed E-state index contributed by atoms with van der Waals surface area (Å²) in [6, 6.07) is 8.26. The molecule has 1 aliphatic rings. The molecule has 0 unspecified atom stereocenters.